The normalized spacial score (nSPS) is 21.8. The van der Waals surface area contributed by atoms with Crippen LogP contribution in [0, 0.1) is 11.8 Å². The van der Waals surface area contributed by atoms with Crippen LogP contribution in [0.4, 0.5) is 4.79 Å². The number of carboxylic acid groups (broad SMARTS) is 1. The van der Waals surface area contributed by atoms with Crippen molar-refractivity contribution in [1.82, 2.24) is 10.2 Å². The van der Waals surface area contributed by atoms with Gasteiger partial charge in [0.05, 0.1) is 7.11 Å². The summed E-state index contributed by atoms with van der Waals surface area (Å²) in [5.41, 5.74) is 0. The zero-order chi connectivity index (χ0) is 15.3. The SMILES string of the molecule is COC(=O)CC[C@@H](NC(=O)N(C)CC1CC1C)C(=O)O. The maximum absolute atomic E-state index is 11.9. The number of carboxylic acids is 1. The minimum Gasteiger partial charge on any atom is -0.480 e. The second-order valence-corrected chi connectivity index (χ2v) is 5.31. The Morgan fingerprint density at radius 2 is 2.05 bits per heavy atom. The van der Waals surface area contributed by atoms with E-state index in [1.54, 1.807) is 7.05 Å². The Morgan fingerprint density at radius 3 is 2.50 bits per heavy atom. The zero-order valence-corrected chi connectivity index (χ0v) is 12.1. The second-order valence-electron chi connectivity index (χ2n) is 5.31. The first kappa shape index (κ1) is 16.3. The highest BCUT2D eigenvalue weighted by Crippen LogP contribution is 2.37. The Kier molecular flexibility index (Phi) is 5.79. The summed E-state index contributed by atoms with van der Waals surface area (Å²) in [6.07, 6.45) is 1.07. The van der Waals surface area contributed by atoms with E-state index >= 15 is 0 Å². The maximum Gasteiger partial charge on any atom is 0.326 e. The van der Waals surface area contributed by atoms with Crippen LogP contribution in [0.15, 0.2) is 0 Å². The molecule has 2 N–H and O–H groups in total. The van der Waals surface area contributed by atoms with Gasteiger partial charge < -0.3 is 20.1 Å². The number of aliphatic carboxylic acids is 1. The van der Waals surface area contributed by atoms with E-state index in [4.69, 9.17) is 5.11 Å². The van der Waals surface area contributed by atoms with Gasteiger partial charge in [-0.2, -0.15) is 0 Å². The van der Waals surface area contributed by atoms with Crippen LogP contribution < -0.4 is 5.32 Å². The summed E-state index contributed by atoms with van der Waals surface area (Å²) in [5, 5.41) is 11.5. The van der Waals surface area contributed by atoms with Crippen molar-refractivity contribution < 1.29 is 24.2 Å². The fourth-order valence-corrected chi connectivity index (χ4v) is 1.97. The number of rotatable bonds is 7. The lowest BCUT2D eigenvalue weighted by atomic mass is 10.1. The fourth-order valence-electron chi connectivity index (χ4n) is 1.97. The molecular weight excluding hydrogens is 264 g/mol. The van der Waals surface area contributed by atoms with Crippen LogP contribution in [0.2, 0.25) is 0 Å². The van der Waals surface area contributed by atoms with E-state index < -0.39 is 24.0 Å². The monoisotopic (exact) mass is 286 g/mol. The molecule has 2 amide bonds. The van der Waals surface area contributed by atoms with E-state index in [2.05, 4.69) is 17.0 Å². The standard InChI is InChI=1S/C13H22N2O5/c1-8-6-9(8)7-15(2)13(19)14-10(12(17)18)4-5-11(16)20-3/h8-10H,4-7H2,1-3H3,(H,14,19)(H,17,18)/t8?,9?,10-/m1/s1. The number of methoxy groups -OCH3 is 1. The molecule has 114 valence electrons. The van der Waals surface area contributed by atoms with Crippen molar-refractivity contribution in [3.8, 4) is 0 Å². The highest BCUT2D eigenvalue weighted by Gasteiger charge is 2.34. The molecule has 0 aromatic rings. The van der Waals surface area contributed by atoms with Gasteiger partial charge in [-0.05, 0) is 24.7 Å². The number of carbonyl (C=O) groups excluding carboxylic acids is 2. The average Bonchev–Trinajstić information content (AvgIpc) is 3.08. The summed E-state index contributed by atoms with van der Waals surface area (Å²) < 4.78 is 4.45. The lowest BCUT2D eigenvalue weighted by molar-refractivity contribution is -0.142. The Hall–Kier alpha value is -1.79. The molecule has 20 heavy (non-hydrogen) atoms. The summed E-state index contributed by atoms with van der Waals surface area (Å²) in [6, 6.07) is -1.51. The van der Waals surface area contributed by atoms with Crippen LogP contribution in [-0.2, 0) is 14.3 Å². The molecule has 1 rings (SSSR count). The summed E-state index contributed by atoms with van der Waals surface area (Å²) in [7, 11) is 2.88. The van der Waals surface area contributed by atoms with E-state index in [1.807, 2.05) is 0 Å². The van der Waals surface area contributed by atoms with Crippen molar-refractivity contribution in [1.29, 1.82) is 0 Å². The number of hydrogen-bond donors (Lipinski definition) is 2. The van der Waals surface area contributed by atoms with Crippen LogP contribution in [0.1, 0.15) is 26.2 Å². The second kappa shape index (κ2) is 7.12. The molecular formula is C13H22N2O5. The van der Waals surface area contributed by atoms with E-state index in [0.29, 0.717) is 18.4 Å². The summed E-state index contributed by atoms with van der Waals surface area (Å²) in [4.78, 5) is 35.4. The van der Waals surface area contributed by atoms with Crippen LogP contribution in [0.3, 0.4) is 0 Å². The van der Waals surface area contributed by atoms with E-state index in [0.717, 1.165) is 6.42 Å². The van der Waals surface area contributed by atoms with Gasteiger partial charge in [-0.25, -0.2) is 9.59 Å². The number of nitrogens with one attached hydrogen (secondary N) is 1. The molecule has 0 aromatic carbocycles. The van der Waals surface area contributed by atoms with Crippen molar-refractivity contribution in [2.24, 2.45) is 11.8 Å². The smallest absolute Gasteiger partial charge is 0.326 e. The van der Waals surface area contributed by atoms with E-state index in [1.165, 1.54) is 12.0 Å². The van der Waals surface area contributed by atoms with Gasteiger partial charge in [0.25, 0.3) is 0 Å². The van der Waals surface area contributed by atoms with Crippen molar-refractivity contribution in [3.63, 3.8) is 0 Å². The number of nitrogens with zero attached hydrogens (tertiary/aromatic N) is 1. The van der Waals surface area contributed by atoms with Gasteiger partial charge in [0.1, 0.15) is 6.04 Å². The quantitative estimate of drug-likeness (QED) is 0.671. The largest absolute Gasteiger partial charge is 0.480 e. The predicted molar refractivity (Wildman–Crippen MR) is 71.1 cm³/mol. The first-order valence-electron chi connectivity index (χ1n) is 6.66. The zero-order valence-electron chi connectivity index (χ0n) is 12.1. The molecule has 0 radical (unpaired) electrons. The molecule has 0 saturated heterocycles. The van der Waals surface area contributed by atoms with Gasteiger partial charge >= 0.3 is 18.0 Å². The van der Waals surface area contributed by atoms with E-state index in [-0.39, 0.29) is 12.8 Å². The molecule has 0 aliphatic heterocycles. The summed E-state index contributed by atoms with van der Waals surface area (Å²) >= 11 is 0. The number of amides is 2. The van der Waals surface area contributed by atoms with Gasteiger partial charge in [0, 0.05) is 20.0 Å². The molecule has 1 saturated carbocycles. The lowest BCUT2D eigenvalue weighted by Gasteiger charge is -2.21. The lowest BCUT2D eigenvalue weighted by Crippen LogP contribution is -2.47. The van der Waals surface area contributed by atoms with Gasteiger partial charge in [0.2, 0.25) is 0 Å². The van der Waals surface area contributed by atoms with Gasteiger partial charge in [-0.1, -0.05) is 6.92 Å². The van der Waals surface area contributed by atoms with Gasteiger partial charge in [-0.15, -0.1) is 0 Å². The topological polar surface area (TPSA) is 95.9 Å². The number of hydrogen-bond acceptors (Lipinski definition) is 4. The molecule has 0 bridgehead atoms. The fraction of sp³-hybridized carbons (Fsp3) is 0.769. The van der Waals surface area contributed by atoms with E-state index in [9.17, 15) is 14.4 Å². The predicted octanol–water partition coefficient (Wildman–Crippen LogP) is 0.690. The molecule has 7 heteroatoms. The molecule has 2 unspecified atom stereocenters. The molecule has 1 aliphatic carbocycles. The van der Waals surface area contributed by atoms with Gasteiger partial charge in [0.15, 0.2) is 0 Å². The highest BCUT2D eigenvalue weighted by molar-refractivity contribution is 5.83. The van der Waals surface area contributed by atoms with Crippen molar-refractivity contribution in [2.75, 3.05) is 20.7 Å². The third-order valence-electron chi connectivity index (χ3n) is 3.59. The van der Waals surface area contributed by atoms with Crippen molar-refractivity contribution in [3.05, 3.63) is 0 Å². The van der Waals surface area contributed by atoms with Crippen molar-refractivity contribution >= 4 is 18.0 Å². The minimum atomic E-state index is -1.16. The maximum atomic E-state index is 11.9. The Bertz CT molecular complexity index is 385. The molecule has 3 atom stereocenters. The number of esters is 1. The third kappa shape index (κ3) is 5.07. The first-order valence-corrected chi connectivity index (χ1v) is 6.66. The molecule has 0 heterocycles. The number of carbonyl (C=O) groups is 3. The van der Waals surface area contributed by atoms with Crippen LogP contribution >= 0.6 is 0 Å². The molecule has 1 aliphatic rings. The van der Waals surface area contributed by atoms with Crippen LogP contribution in [0.25, 0.3) is 0 Å². The van der Waals surface area contributed by atoms with Crippen LogP contribution in [0.5, 0.6) is 0 Å². The first-order chi connectivity index (χ1) is 9.35. The average molecular weight is 286 g/mol. The van der Waals surface area contributed by atoms with Crippen LogP contribution in [-0.4, -0.2) is 54.7 Å². The molecule has 1 fully saturated rings. The summed E-state index contributed by atoms with van der Waals surface area (Å²) in [5.74, 6) is -0.523. The van der Waals surface area contributed by atoms with Gasteiger partial charge in [-0.3, -0.25) is 4.79 Å². The Morgan fingerprint density at radius 1 is 1.45 bits per heavy atom. The minimum absolute atomic E-state index is 0.0153. The molecule has 0 aromatic heterocycles. The Labute approximate surface area is 118 Å². The summed E-state index contributed by atoms with van der Waals surface area (Å²) in [6.45, 7) is 2.74. The van der Waals surface area contributed by atoms with Crippen molar-refractivity contribution in [2.45, 2.75) is 32.2 Å². The third-order valence-corrected chi connectivity index (χ3v) is 3.59. The number of ether oxygens (including phenoxy) is 1. The highest BCUT2D eigenvalue weighted by atomic mass is 16.5. The molecule has 7 nitrogen and oxygen atoms in total. The molecule has 0 spiro atoms. The Balaban J connectivity index is 2.41. The number of urea groups is 1.